The summed E-state index contributed by atoms with van der Waals surface area (Å²) in [6.07, 6.45) is 2.46. The number of aromatic nitrogens is 1. The maximum atomic E-state index is 14.3. The maximum absolute atomic E-state index is 14.3. The number of fused-ring (bicyclic) bond motifs is 1. The lowest BCUT2D eigenvalue weighted by atomic mass is 9.95. The van der Waals surface area contributed by atoms with E-state index in [1.54, 1.807) is 20.8 Å². The third-order valence-electron chi connectivity index (χ3n) is 8.78. The number of hydrogen-bond acceptors (Lipinski definition) is 7. The Morgan fingerprint density at radius 3 is 2.35 bits per heavy atom. The fraction of sp³-hybridized carbons (Fsp3) is 0.444. The van der Waals surface area contributed by atoms with Gasteiger partial charge in [-0.25, -0.2) is 0 Å². The normalized spacial score (nSPS) is 26.8. The van der Waals surface area contributed by atoms with Crippen LogP contribution >= 0.6 is 15.9 Å². The van der Waals surface area contributed by atoms with Gasteiger partial charge in [0.1, 0.15) is 12.1 Å². The van der Waals surface area contributed by atoms with Crippen molar-refractivity contribution in [2.75, 3.05) is 7.05 Å². The van der Waals surface area contributed by atoms with E-state index in [0.29, 0.717) is 23.0 Å². The molecule has 0 radical (unpaired) electrons. The SMILES string of the molecule is C/C1=C/[C@H](C)C[C@H](C)OC(=O)C[C@H](c2ccc(O)c(O)c2)NC(=O)[C@@H](Cc2c(Br)[nH]c3ccccc23)N(C)C(=O)[C@H](C)NC(=O)[C@@H](C)C1. The highest BCUT2D eigenvalue weighted by molar-refractivity contribution is 9.10. The molecule has 11 nitrogen and oxygen atoms in total. The van der Waals surface area contributed by atoms with Gasteiger partial charge in [0, 0.05) is 30.3 Å². The monoisotopic (exact) mass is 724 g/mol. The van der Waals surface area contributed by atoms with Crippen LogP contribution in [0, 0.1) is 11.8 Å². The first-order valence-electron chi connectivity index (χ1n) is 16.2. The van der Waals surface area contributed by atoms with E-state index < -0.39 is 53.7 Å². The molecule has 0 fully saturated rings. The third-order valence-corrected chi connectivity index (χ3v) is 9.45. The van der Waals surface area contributed by atoms with Crippen LogP contribution < -0.4 is 10.6 Å². The standard InChI is InChI=1S/C36H45BrN4O7/c1-19-13-20(2)15-22(4)48-32(44)18-28(24-11-12-30(42)31(43)16-24)40-35(46)29(17-26-25-9-7-8-10-27(25)39-33(26)37)41(6)36(47)23(5)38-34(45)21(3)14-19/h7-13,16,20-23,28-29,39,42-43H,14-15,17-18H2,1-6H3,(H,38,45)(H,40,46)/b19-13-/t20-,21-,22-,23-,28+,29+/m0/s1. The molecule has 0 unspecified atom stereocenters. The Balaban J connectivity index is 1.76. The van der Waals surface area contributed by atoms with Crippen LogP contribution in [0.3, 0.4) is 0 Å². The number of ether oxygens (including phenoxy) is 1. The minimum Gasteiger partial charge on any atom is -0.504 e. The van der Waals surface area contributed by atoms with Crippen molar-refractivity contribution < 1.29 is 34.1 Å². The summed E-state index contributed by atoms with van der Waals surface area (Å²) in [6.45, 7) is 9.15. The Morgan fingerprint density at radius 2 is 1.65 bits per heavy atom. The Morgan fingerprint density at radius 1 is 0.938 bits per heavy atom. The van der Waals surface area contributed by atoms with Gasteiger partial charge < -0.3 is 35.5 Å². The molecule has 0 saturated carbocycles. The zero-order chi connectivity index (χ0) is 35.3. The smallest absolute Gasteiger partial charge is 0.308 e. The zero-order valence-corrected chi connectivity index (χ0v) is 29.8. The number of likely N-dealkylation sites (N-methyl/N-ethyl adjacent to an activating group) is 1. The van der Waals surface area contributed by atoms with Gasteiger partial charge in [-0.05, 0) is 84.8 Å². The lowest BCUT2D eigenvalue weighted by Gasteiger charge is -2.32. The topological polar surface area (TPSA) is 161 Å². The number of aromatic hydroxyl groups is 2. The summed E-state index contributed by atoms with van der Waals surface area (Å²) >= 11 is 3.58. The number of nitrogens with one attached hydrogen (secondary N) is 3. The molecule has 0 spiro atoms. The van der Waals surface area contributed by atoms with Gasteiger partial charge in [-0.1, -0.05) is 49.8 Å². The highest BCUT2D eigenvalue weighted by atomic mass is 79.9. The molecule has 48 heavy (non-hydrogen) atoms. The summed E-state index contributed by atoms with van der Waals surface area (Å²) in [5.74, 6) is -3.02. The first-order chi connectivity index (χ1) is 22.6. The number of amides is 3. The minimum absolute atomic E-state index is 0.0495. The van der Waals surface area contributed by atoms with Gasteiger partial charge in [0.25, 0.3) is 0 Å². The number of allylic oxidation sites excluding steroid dienone is 2. The number of H-pyrrole nitrogens is 1. The summed E-state index contributed by atoms with van der Waals surface area (Å²) in [4.78, 5) is 59.2. The van der Waals surface area contributed by atoms with Crippen LogP contribution in [0.15, 0.2) is 58.7 Å². The summed E-state index contributed by atoms with van der Waals surface area (Å²) in [5, 5.41) is 26.8. The molecular weight excluding hydrogens is 680 g/mol. The van der Waals surface area contributed by atoms with E-state index in [2.05, 4.69) is 37.6 Å². The fourth-order valence-electron chi connectivity index (χ4n) is 6.33. The number of carbonyl (C=O) groups excluding carboxylic acids is 4. The first-order valence-corrected chi connectivity index (χ1v) is 16.9. The van der Waals surface area contributed by atoms with E-state index in [1.807, 2.05) is 38.1 Å². The van der Waals surface area contributed by atoms with Crippen LogP contribution in [0.4, 0.5) is 0 Å². The number of esters is 1. The van der Waals surface area contributed by atoms with Gasteiger partial charge in [-0.2, -0.15) is 0 Å². The number of halogens is 1. The van der Waals surface area contributed by atoms with Gasteiger partial charge in [-0.15, -0.1) is 0 Å². The van der Waals surface area contributed by atoms with Crippen molar-refractivity contribution in [2.45, 2.75) is 84.5 Å². The molecule has 3 amide bonds. The van der Waals surface area contributed by atoms with Crippen LogP contribution in [0.2, 0.25) is 0 Å². The zero-order valence-electron chi connectivity index (χ0n) is 28.2. The predicted molar refractivity (Wildman–Crippen MR) is 186 cm³/mol. The van der Waals surface area contributed by atoms with Crippen molar-refractivity contribution in [3.63, 3.8) is 0 Å². The van der Waals surface area contributed by atoms with E-state index in [0.717, 1.165) is 22.0 Å². The molecule has 2 heterocycles. The highest BCUT2D eigenvalue weighted by Gasteiger charge is 2.34. The van der Waals surface area contributed by atoms with E-state index >= 15 is 0 Å². The fourth-order valence-corrected chi connectivity index (χ4v) is 6.92. The van der Waals surface area contributed by atoms with Crippen molar-refractivity contribution in [1.29, 1.82) is 0 Å². The molecule has 0 bridgehead atoms. The predicted octanol–water partition coefficient (Wildman–Crippen LogP) is 5.41. The lowest BCUT2D eigenvalue weighted by molar-refractivity contribution is -0.149. The highest BCUT2D eigenvalue weighted by Crippen LogP contribution is 2.31. The van der Waals surface area contributed by atoms with Crippen molar-refractivity contribution in [2.24, 2.45) is 11.8 Å². The Bertz CT molecular complexity index is 1700. The van der Waals surface area contributed by atoms with Crippen LogP contribution in [0.5, 0.6) is 11.5 Å². The molecule has 1 aromatic heterocycles. The van der Waals surface area contributed by atoms with Gasteiger partial charge >= 0.3 is 5.97 Å². The lowest BCUT2D eigenvalue weighted by Crippen LogP contribution is -2.55. The van der Waals surface area contributed by atoms with Crippen LogP contribution in [0.25, 0.3) is 10.9 Å². The molecule has 0 saturated heterocycles. The summed E-state index contributed by atoms with van der Waals surface area (Å²) < 4.78 is 6.41. The number of hydrogen-bond donors (Lipinski definition) is 5. The van der Waals surface area contributed by atoms with E-state index in [4.69, 9.17) is 4.74 Å². The summed E-state index contributed by atoms with van der Waals surface area (Å²) in [6, 6.07) is 8.65. The second-order valence-electron chi connectivity index (χ2n) is 13.0. The number of phenols is 2. The number of nitrogens with zero attached hydrogens (tertiary/aromatic N) is 1. The van der Waals surface area contributed by atoms with Crippen molar-refractivity contribution >= 4 is 50.5 Å². The molecule has 1 aliphatic heterocycles. The third kappa shape index (κ3) is 8.97. The molecule has 4 rings (SSSR count). The van der Waals surface area contributed by atoms with Gasteiger partial charge in [0.05, 0.1) is 23.2 Å². The Hall–Kier alpha value is -4.32. The molecule has 12 heteroatoms. The van der Waals surface area contributed by atoms with Crippen molar-refractivity contribution in [3.05, 3.63) is 69.8 Å². The number of aromatic amines is 1. The Kier molecular flexibility index (Phi) is 12.0. The molecule has 5 N–H and O–H groups in total. The second-order valence-corrected chi connectivity index (χ2v) is 13.8. The molecule has 2 aromatic carbocycles. The van der Waals surface area contributed by atoms with Crippen molar-refractivity contribution in [3.8, 4) is 11.5 Å². The Labute approximate surface area is 289 Å². The number of cyclic esters (lactones) is 1. The van der Waals surface area contributed by atoms with Gasteiger partial charge in [0.15, 0.2) is 11.5 Å². The summed E-state index contributed by atoms with van der Waals surface area (Å²) in [5.41, 5.74) is 2.96. The van der Waals surface area contributed by atoms with Crippen molar-refractivity contribution in [1.82, 2.24) is 20.5 Å². The first kappa shape index (κ1) is 36.5. The molecular formula is C36H45BrN4O7. The van der Waals surface area contributed by atoms with Crippen LogP contribution in [0.1, 0.15) is 71.0 Å². The van der Waals surface area contributed by atoms with Gasteiger partial charge in [-0.3, -0.25) is 19.2 Å². The number of rotatable bonds is 3. The molecule has 258 valence electrons. The number of phenolic OH excluding ortho intramolecular Hbond substituents is 2. The average Bonchev–Trinajstić information content (AvgIpc) is 3.33. The van der Waals surface area contributed by atoms with Crippen LogP contribution in [-0.4, -0.2) is 69.0 Å². The quantitative estimate of drug-likeness (QED) is 0.137. The second kappa shape index (κ2) is 15.7. The molecule has 6 atom stereocenters. The van der Waals surface area contributed by atoms with Crippen LogP contribution in [-0.2, 0) is 30.3 Å². The minimum atomic E-state index is -1.08. The largest absolute Gasteiger partial charge is 0.504 e. The average molecular weight is 726 g/mol. The van der Waals surface area contributed by atoms with Gasteiger partial charge in [0.2, 0.25) is 17.7 Å². The van der Waals surface area contributed by atoms with E-state index in [9.17, 15) is 29.4 Å². The molecule has 0 aliphatic carbocycles. The molecule has 3 aromatic rings. The van der Waals surface area contributed by atoms with E-state index in [-0.39, 0.29) is 30.4 Å². The summed E-state index contributed by atoms with van der Waals surface area (Å²) in [7, 11) is 1.51. The molecule has 1 aliphatic rings. The maximum Gasteiger partial charge on any atom is 0.308 e. The number of para-hydroxylation sites is 1. The number of carbonyl (C=O) groups is 4. The number of benzene rings is 2. The van der Waals surface area contributed by atoms with E-state index in [1.165, 1.54) is 30.1 Å².